The molecule has 2 aromatic carbocycles. The van der Waals surface area contributed by atoms with Crippen LogP contribution in [-0.2, 0) is 0 Å². The molecule has 3 nitrogen and oxygen atoms in total. The van der Waals surface area contributed by atoms with Crippen LogP contribution in [0.1, 0.15) is 16.8 Å². The molecular formula is C21H15N3. The fraction of sp³-hybridized carbons (Fsp3) is 0.0476. The van der Waals surface area contributed by atoms with E-state index in [2.05, 4.69) is 16.0 Å². The molecule has 0 aliphatic heterocycles. The van der Waals surface area contributed by atoms with E-state index >= 15 is 0 Å². The number of nitriles is 1. The number of aromatic nitrogens is 2. The first-order valence-corrected chi connectivity index (χ1v) is 7.80. The molecule has 1 N–H and O–H groups in total. The van der Waals surface area contributed by atoms with Crippen molar-refractivity contribution in [2.24, 2.45) is 0 Å². The fourth-order valence-corrected chi connectivity index (χ4v) is 3.21. The number of allylic oxidation sites excluding steroid dienone is 1. The number of nitrogens with one attached hydrogen (secondary N) is 1. The number of benzene rings is 2. The standard InChI is InChI=1S/C21H15N3/c1-14-21(19-7-2-3-8-20(19)24-14)17(12-22)11-15-5-4-6-16-13-23-10-9-18(15)16/h2-11,13,24H,1H3/b17-11+. The maximum atomic E-state index is 9.77. The Bertz CT molecular complexity index is 1120. The summed E-state index contributed by atoms with van der Waals surface area (Å²) in [4.78, 5) is 7.53. The Morgan fingerprint density at radius 2 is 1.96 bits per heavy atom. The van der Waals surface area contributed by atoms with Crippen LogP contribution in [0.2, 0.25) is 0 Å². The van der Waals surface area contributed by atoms with Crippen molar-refractivity contribution in [1.82, 2.24) is 9.97 Å². The molecule has 0 unspecified atom stereocenters. The van der Waals surface area contributed by atoms with Gasteiger partial charge in [0.2, 0.25) is 0 Å². The predicted molar refractivity (Wildman–Crippen MR) is 98.3 cm³/mol. The number of aryl methyl sites for hydroxylation is 1. The van der Waals surface area contributed by atoms with E-state index in [0.29, 0.717) is 5.57 Å². The zero-order valence-corrected chi connectivity index (χ0v) is 13.2. The van der Waals surface area contributed by atoms with Gasteiger partial charge in [-0.1, -0.05) is 36.4 Å². The first-order valence-electron chi connectivity index (χ1n) is 7.80. The second-order valence-corrected chi connectivity index (χ2v) is 5.78. The van der Waals surface area contributed by atoms with E-state index in [4.69, 9.17) is 0 Å². The van der Waals surface area contributed by atoms with Crippen molar-refractivity contribution >= 4 is 33.3 Å². The topological polar surface area (TPSA) is 52.5 Å². The molecule has 24 heavy (non-hydrogen) atoms. The summed E-state index contributed by atoms with van der Waals surface area (Å²) in [6.45, 7) is 2.01. The summed E-state index contributed by atoms with van der Waals surface area (Å²) in [5, 5.41) is 13.0. The molecule has 0 radical (unpaired) electrons. The molecule has 3 heteroatoms. The first-order chi connectivity index (χ1) is 11.8. The van der Waals surface area contributed by atoms with Crippen LogP contribution in [0.25, 0.3) is 33.3 Å². The van der Waals surface area contributed by atoms with Crippen LogP contribution in [0.3, 0.4) is 0 Å². The molecule has 2 aromatic heterocycles. The van der Waals surface area contributed by atoms with Gasteiger partial charge in [0, 0.05) is 39.9 Å². The summed E-state index contributed by atoms with van der Waals surface area (Å²) < 4.78 is 0. The van der Waals surface area contributed by atoms with Gasteiger partial charge >= 0.3 is 0 Å². The molecule has 0 fully saturated rings. The lowest BCUT2D eigenvalue weighted by molar-refractivity contribution is 1.29. The zero-order valence-electron chi connectivity index (χ0n) is 13.2. The zero-order chi connectivity index (χ0) is 16.5. The first kappa shape index (κ1) is 14.2. The van der Waals surface area contributed by atoms with Crippen LogP contribution in [0, 0.1) is 18.3 Å². The highest BCUT2D eigenvalue weighted by molar-refractivity contribution is 6.05. The summed E-state index contributed by atoms with van der Waals surface area (Å²) in [7, 11) is 0. The van der Waals surface area contributed by atoms with Crippen molar-refractivity contribution in [2.45, 2.75) is 6.92 Å². The predicted octanol–water partition coefficient (Wildman–Crippen LogP) is 5.09. The number of para-hydroxylation sites is 1. The van der Waals surface area contributed by atoms with E-state index in [1.807, 2.05) is 67.7 Å². The third-order valence-corrected chi connectivity index (χ3v) is 4.30. The van der Waals surface area contributed by atoms with E-state index in [-0.39, 0.29) is 0 Å². The van der Waals surface area contributed by atoms with Crippen LogP contribution in [0.5, 0.6) is 0 Å². The van der Waals surface area contributed by atoms with Gasteiger partial charge in [0.05, 0.1) is 11.6 Å². The number of H-pyrrole nitrogens is 1. The molecule has 0 amide bonds. The Kier molecular flexibility index (Phi) is 3.36. The maximum Gasteiger partial charge on any atom is 0.0999 e. The van der Waals surface area contributed by atoms with Gasteiger partial charge in [0.25, 0.3) is 0 Å². The van der Waals surface area contributed by atoms with Crippen molar-refractivity contribution in [2.75, 3.05) is 0 Å². The summed E-state index contributed by atoms with van der Waals surface area (Å²) >= 11 is 0. The highest BCUT2D eigenvalue weighted by atomic mass is 14.7. The Labute approximate surface area is 139 Å². The molecule has 0 bridgehead atoms. The van der Waals surface area contributed by atoms with E-state index in [0.717, 1.165) is 38.5 Å². The van der Waals surface area contributed by atoms with Gasteiger partial charge in [-0.25, -0.2) is 0 Å². The summed E-state index contributed by atoms with van der Waals surface area (Å²) in [6.07, 6.45) is 5.59. The second-order valence-electron chi connectivity index (χ2n) is 5.78. The van der Waals surface area contributed by atoms with Gasteiger partial charge in [-0.2, -0.15) is 5.26 Å². The van der Waals surface area contributed by atoms with Gasteiger partial charge in [-0.05, 0) is 36.1 Å². The molecule has 114 valence electrons. The SMILES string of the molecule is Cc1[nH]c2ccccc2c1/C(C#N)=C/c1cccc2cnccc12. The lowest BCUT2D eigenvalue weighted by Gasteiger charge is -2.04. The highest BCUT2D eigenvalue weighted by Gasteiger charge is 2.13. The Hall–Kier alpha value is -3.38. The molecule has 4 rings (SSSR count). The molecule has 0 aliphatic carbocycles. The molecule has 0 aliphatic rings. The fourth-order valence-electron chi connectivity index (χ4n) is 3.21. The van der Waals surface area contributed by atoms with Crippen molar-refractivity contribution in [1.29, 1.82) is 5.26 Å². The number of hydrogen-bond donors (Lipinski definition) is 1. The number of pyridine rings is 1. The average molecular weight is 309 g/mol. The maximum absolute atomic E-state index is 9.77. The van der Waals surface area contributed by atoms with Crippen LogP contribution in [0.15, 0.2) is 60.9 Å². The molecule has 4 aromatic rings. The van der Waals surface area contributed by atoms with Gasteiger partial charge < -0.3 is 4.98 Å². The largest absolute Gasteiger partial charge is 0.358 e. The van der Waals surface area contributed by atoms with Crippen LogP contribution < -0.4 is 0 Å². The van der Waals surface area contributed by atoms with Gasteiger partial charge in [-0.15, -0.1) is 0 Å². The van der Waals surface area contributed by atoms with Crippen molar-refractivity contribution < 1.29 is 0 Å². The van der Waals surface area contributed by atoms with Crippen molar-refractivity contribution in [3.63, 3.8) is 0 Å². The molecule has 2 heterocycles. The minimum absolute atomic E-state index is 0.661. The van der Waals surface area contributed by atoms with E-state index in [9.17, 15) is 5.26 Å². The second kappa shape index (κ2) is 5.68. The quantitative estimate of drug-likeness (QED) is 0.524. The van der Waals surface area contributed by atoms with Crippen LogP contribution in [0.4, 0.5) is 0 Å². The molecule has 0 saturated carbocycles. The van der Waals surface area contributed by atoms with Gasteiger partial charge in [-0.3, -0.25) is 4.98 Å². The third-order valence-electron chi connectivity index (χ3n) is 4.30. The van der Waals surface area contributed by atoms with Crippen LogP contribution in [-0.4, -0.2) is 9.97 Å². The highest BCUT2D eigenvalue weighted by Crippen LogP contribution is 2.30. The minimum atomic E-state index is 0.661. The lowest BCUT2D eigenvalue weighted by atomic mass is 9.98. The number of rotatable bonds is 2. The monoisotopic (exact) mass is 309 g/mol. The Balaban J connectivity index is 1.97. The number of nitrogens with zero attached hydrogens (tertiary/aromatic N) is 2. The van der Waals surface area contributed by atoms with Gasteiger partial charge in [0.15, 0.2) is 0 Å². The Morgan fingerprint density at radius 3 is 2.83 bits per heavy atom. The molecule has 0 saturated heterocycles. The van der Waals surface area contributed by atoms with Crippen molar-refractivity contribution in [3.05, 3.63) is 77.7 Å². The summed E-state index contributed by atoms with van der Waals surface area (Å²) in [5.74, 6) is 0. The lowest BCUT2D eigenvalue weighted by Crippen LogP contribution is -1.86. The summed E-state index contributed by atoms with van der Waals surface area (Å²) in [6, 6.07) is 18.5. The van der Waals surface area contributed by atoms with E-state index < -0.39 is 0 Å². The number of hydrogen-bond acceptors (Lipinski definition) is 2. The van der Waals surface area contributed by atoms with E-state index in [1.54, 1.807) is 6.20 Å². The smallest absolute Gasteiger partial charge is 0.0999 e. The normalized spacial score (nSPS) is 11.8. The minimum Gasteiger partial charge on any atom is -0.358 e. The number of aromatic amines is 1. The molecule has 0 atom stereocenters. The van der Waals surface area contributed by atoms with Gasteiger partial charge in [0.1, 0.15) is 0 Å². The number of fused-ring (bicyclic) bond motifs is 2. The Morgan fingerprint density at radius 1 is 1.08 bits per heavy atom. The van der Waals surface area contributed by atoms with Crippen molar-refractivity contribution in [3.8, 4) is 6.07 Å². The third kappa shape index (κ3) is 2.26. The van der Waals surface area contributed by atoms with Crippen LogP contribution >= 0.6 is 0 Å². The molecular weight excluding hydrogens is 294 g/mol. The molecule has 0 spiro atoms. The average Bonchev–Trinajstić information content (AvgIpc) is 2.95. The van der Waals surface area contributed by atoms with E-state index in [1.165, 1.54) is 0 Å². The summed E-state index contributed by atoms with van der Waals surface area (Å²) in [5.41, 5.74) is 4.71.